The minimum absolute atomic E-state index is 0.00343. The highest BCUT2D eigenvalue weighted by molar-refractivity contribution is 7.88. The fraction of sp³-hybridized carbons (Fsp3) is 0.733. The first kappa shape index (κ1) is 27.5. The Morgan fingerprint density at radius 2 is 1.51 bits per heavy atom. The first-order valence-corrected chi connectivity index (χ1v) is 17.2. The smallest absolute Gasteiger partial charge is 0.318 e. The number of primary amides is 1. The van der Waals surface area contributed by atoms with E-state index in [1.165, 1.54) is 10.6 Å². The second kappa shape index (κ2) is 9.57. The van der Waals surface area contributed by atoms with Gasteiger partial charge in [0.25, 0.3) is 0 Å². The molecule has 0 radical (unpaired) electrons. The number of carbonyl (C=O) groups excluding carboxylic acids is 2. The minimum atomic E-state index is -3.17. The number of hydrogen-bond acceptors (Lipinski definition) is 6. The predicted octanol–water partition coefficient (Wildman–Crippen LogP) is 1.97. The Hall–Kier alpha value is -2.37. The van der Waals surface area contributed by atoms with E-state index in [1.807, 2.05) is 29.2 Å². The highest BCUT2D eigenvalue weighted by Gasteiger charge is 2.59. The van der Waals surface area contributed by atoms with Crippen LogP contribution in [0.3, 0.4) is 0 Å². The van der Waals surface area contributed by atoms with Gasteiger partial charge in [0.2, 0.25) is 15.9 Å². The third kappa shape index (κ3) is 4.63. The van der Waals surface area contributed by atoms with Crippen molar-refractivity contribution in [2.75, 3.05) is 37.3 Å². The van der Waals surface area contributed by atoms with Gasteiger partial charge in [0, 0.05) is 68.2 Å². The van der Waals surface area contributed by atoms with Crippen molar-refractivity contribution >= 4 is 27.6 Å². The van der Waals surface area contributed by atoms with Crippen LogP contribution in [0, 0.1) is 23.2 Å². The summed E-state index contributed by atoms with van der Waals surface area (Å²) < 4.78 is 25.2. The molecule has 1 aromatic carbocycles. The molecular weight excluding hydrogens is 542 g/mol. The number of rotatable bonds is 5. The van der Waals surface area contributed by atoms with Gasteiger partial charge in [-0.05, 0) is 80.4 Å². The van der Waals surface area contributed by atoms with Crippen LogP contribution in [-0.2, 0) is 20.4 Å². The summed E-state index contributed by atoms with van der Waals surface area (Å²) >= 11 is 0. The number of nitrogens with two attached hydrogens (primary N) is 1. The summed E-state index contributed by atoms with van der Waals surface area (Å²) in [5.41, 5.74) is 6.42. The van der Waals surface area contributed by atoms with Gasteiger partial charge in [0.15, 0.2) is 0 Å². The van der Waals surface area contributed by atoms with Gasteiger partial charge in [0.05, 0.1) is 11.9 Å². The molecule has 6 bridgehead atoms. The third-order valence-electron chi connectivity index (χ3n) is 11.6. The number of nitrogens with one attached hydrogen (secondary N) is 1. The predicted molar refractivity (Wildman–Crippen MR) is 154 cm³/mol. The molecule has 11 heteroatoms. The van der Waals surface area contributed by atoms with Crippen molar-refractivity contribution in [1.29, 1.82) is 0 Å². The molecule has 7 atom stereocenters. The summed E-state index contributed by atoms with van der Waals surface area (Å²) in [6, 6.07) is 8.14. The van der Waals surface area contributed by atoms with E-state index in [0.717, 1.165) is 56.2 Å². The van der Waals surface area contributed by atoms with Crippen LogP contribution >= 0.6 is 0 Å². The molecule has 0 spiro atoms. The number of nitrogens with zero attached hydrogens (tertiary/aromatic N) is 3. The number of piperidine rings is 1. The van der Waals surface area contributed by atoms with E-state index in [2.05, 4.69) is 10.2 Å². The number of hydrogen-bond donors (Lipinski definition) is 3. The number of amides is 3. The van der Waals surface area contributed by atoms with Gasteiger partial charge in [-0.25, -0.2) is 13.2 Å². The first-order chi connectivity index (χ1) is 19.4. The van der Waals surface area contributed by atoms with Crippen LogP contribution < -0.4 is 16.0 Å². The second-order valence-corrected chi connectivity index (χ2v) is 16.0. The lowest BCUT2D eigenvalue weighted by Crippen LogP contribution is -2.64. The quantitative estimate of drug-likeness (QED) is 0.484. The zero-order valence-electron chi connectivity index (χ0n) is 23.9. The van der Waals surface area contributed by atoms with Crippen molar-refractivity contribution in [3.8, 4) is 0 Å². The summed E-state index contributed by atoms with van der Waals surface area (Å²) in [6.07, 6.45) is 8.77. The van der Waals surface area contributed by atoms with Crippen molar-refractivity contribution in [2.24, 2.45) is 28.9 Å². The number of fused-ring (bicyclic) bond motifs is 2. The van der Waals surface area contributed by atoms with Gasteiger partial charge in [-0.2, -0.15) is 4.31 Å². The molecule has 4 saturated carbocycles. The second-order valence-electron chi connectivity index (χ2n) is 14.0. The van der Waals surface area contributed by atoms with Crippen LogP contribution in [0.25, 0.3) is 0 Å². The summed E-state index contributed by atoms with van der Waals surface area (Å²) in [5, 5.41) is 15.2. The molecule has 1 aromatic rings. The number of benzene rings is 1. The fourth-order valence-electron chi connectivity index (χ4n) is 9.83. The average Bonchev–Trinajstić information content (AvgIpc) is 3.21. The van der Waals surface area contributed by atoms with Gasteiger partial charge in [-0.15, -0.1) is 0 Å². The zero-order chi connectivity index (χ0) is 28.7. The maximum Gasteiger partial charge on any atom is 0.318 e. The minimum Gasteiger partial charge on any atom is -0.385 e. The Morgan fingerprint density at radius 3 is 2.05 bits per heavy atom. The lowest BCUT2D eigenvalue weighted by molar-refractivity contribution is -0.145. The Labute approximate surface area is 242 Å². The Bertz CT molecular complexity index is 1300. The molecule has 0 aromatic heterocycles. The molecule has 7 aliphatic rings. The van der Waals surface area contributed by atoms with Crippen molar-refractivity contribution < 1.29 is 23.1 Å². The average molecular weight is 586 g/mol. The molecule has 4 aliphatic carbocycles. The molecule has 10 nitrogen and oxygen atoms in total. The van der Waals surface area contributed by atoms with Crippen molar-refractivity contribution in [3.63, 3.8) is 0 Å². The highest BCUT2D eigenvalue weighted by Crippen LogP contribution is 2.60. The molecule has 3 amide bonds. The number of carbonyl (C=O) groups is 2. The molecule has 224 valence electrons. The SMILES string of the molecule is CS(=O)(=O)N1CCN(c2ccc(C3(O)CC4CCC(C3)N4C(=O)NC3[C@@H]4CC5C[C@H]3CC(C(N)=O)(C5)C4)cc2)CC1. The van der Waals surface area contributed by atoms with Crippen LogP contribution in [-0.4, -0.2) is 85.2 Å². The largest absolute Gasteiger partial charge is 0.385 e. The number of urea groups is 1. The number of anilines is 1. The van der Waals surface area contributed by atoms with Crippen LogP contribution in [0.1, 0.15) is 63.4 Å². The lowest BCUT2D eigenvalue weighted by Gasteiger charge is -2.59. The van der Waals surface area contributed by atoms with E-state index < -0.39 is 15.6 Å². The lowest BCUT2D eigenvalue weighted by atomic mass is 9.47. The van der Waals surface area contributed by atoms with Crippen molar-refractivity contribution in [2.45, 2.75) is 81.5 Å². The molecule has 4 N–H and O–H groups in total. The normalized spacial score (nSPS) is 40.1. The Morgan fingerprint density at radius 1 is 0.927 bits per heavy atom. The zero-order valence-corrected chi connectivity index (χ0v) is 24.7. The summed E-state index contributed by atoms with van der Waals surface area (Å²) in [5.74, 6) is 1.05. The molecule has 3 heterocycles. The van der Waals surface area contributed by atoms with Crippen LogP contribution in [0.4, 0.5) is 10.5 Å². The first-order valence-electron chi connectivity index (χ1n) is 15.4. The van der Waals surface area contributed by atoms with Crippen molar-refractivity contribution in [3.05, 3.63) is 29.8 Å². The maximum atomic E-state index is 13.7. The molecule has 8 rings (SSSR count). The summed E-state index contributed by atoms with van der Waals surface area (Å²) in [7, 11) is -3.17. The standard InChI is InChI=1S/C30H43N5O5S/c1-41(39,40)34-10-8-33(9-11-34)23-4-2-22(3-5-23)30(38)17-24-6-7-25(18-30)35(24)28(37)32-26-20-12-19-13-21(26)16-29(14-19,15-20)27(31)36/h2-5,19-21,24-26,38H,6-18H2,1H3,(H2,31,36)(H,32,37)/t19?,20-,21+,24?,25?,26?,29?,30?. The van der Waals surface area contributed by atoms with Gasteiger partial charge in [-0.3, -0.25) is 4.79 Å². The third-order valence-corrected chi connectivity index (χ3v) is 12.9. The molecule has 3 saturated heterocycles. The molecule has 5 unspecified atom stereocenters. The fourth-order valence-corrected chi connectivity index (χ4v) is 10.7. The van der Waals surface area contributed by atoms with Gasteiger partial charge in [0.1, 0.15) is 0 Å². The Balaban J connectivity index is 0.997. The molecule has 41 heavy (non-hydrogen) atoms. The summed E-state index contributed by atoms with van der Waals surface area (Å²) in [6.45, 7) is 2.22. The molecule has 3 aliphatic heterocycles. The highest BCUT2D eigenvalue weighted by atomic mass is 32.2. The number of aliphatic hydroxyl groups is 1. The van der Waals surface area contributed by atoms with Gasteiger partial charge >= 0.3 is 6.03 Å². The van der Waals surface area contributed by atoms with E-state index in [9.17, 15) is 23.1 Å². The van der Waals surface area contributed by atoms with E-state index in [0.29, 0.717) is 56.8 Å². The van der Waals surface area contributed by atoms with E-state index >= 15 is 0 Å². The van der Waals surface area contributed by atoms with E-state index in [4.69, 9.17) is 5.73 Å². The van der Waals surface area contributed by atoms with Crippen LogP contribution in [0.5, 0.6) is 0 Å². The van der Waals surface area contributed by atoms with Crippen molar-refractivity contribution in [1.82, 2.24) is 14.5 Å². The van der Waals surface area contributed by atoms with Gasteiger partial charge in [-0.1, -0.05) is 12.1 Å². The molecular formula is C30H43N5O5S. The number of sulfonamides is 1. The van der Waals surface area contributed by atoms with Crippen LogP contribution in [0.15, 0.2) is 24.3 Å². The van der Waals surface area contributed by atoms with Crippen LogP contribution in [0.2, 0.25) is 0 Å². The van der Waals surface area contributed by atoms with Gasteiger partial charge < -0.3 is 26.0 Å². The monoisotopic (exact) mass is 585 g/mol. The number of piperazine rings is 1. The summed E-state index contributed by atoms with van der Waals surface area (Å²) in [4.78, 5) is 30.2. The topological polar surface area (TPSA) is 136 Å². The molecule has 7 fully saturated rings. The Kier molecular flexibility index (Phi) is 6.41. The van der Waals surface area contributed by atoms with E-state index in [-0.39, 0.29) is 35.5 Å². The maximum absolute atomic E-state index is 13.7. The van der Waals surface area contributed by atoms with E-state index in [1.54, 1.807) is 0 Å².